The number of fused-ring (bicyclic) bond motifs is 1. The highest BCUT2D eigenvalue weighted by molar-refractivity contribution is 9.10. The molecule has 23 heavy (non-hydrogen) atoms. The molecule has 1 aliphatic rings. The number of rotatable bonds is 3. The first-order chi connectivity index (χ1) is 11.0. The summed E-state index contributed by atoms with van der Waals surface area (Å²) in [6.07, 6.45) is 3.58. The number of nitrogens with zero attached hydrogens (tertiary/aromatic N) is 3. The van der Waals surface area contributed by atoms with Gasteiger partial charge in [-0.15, -0.1) is 5.10 Å². The van der Waals surface area contributed by atoms with Gasteiger partial charge in [-0.2, -0.15) is 5.10 Å². The summed E-state index contributed by atoms with van der Waals surface area (Å²) in [6.45, 7) is 6.10. The highest BCUT2D eigenvalue weighted by Crippen LogP contribution is 2.34. The third-order valence-corrected chi connectivity index (χ3v) is 4.74. The van der Waals surface area contributed by atoms with Crippen LogP contribution in [0, 0.1) is 0 Å². The molecule has 0 aliphatic carbocycles. The summed E-state index contributed by atoms with van der Waals surface area (Å²) in [4.78, 5) is 14.7. The summed E-state index contributed by atoms with van der Waals surface area (Å²) in [7, 11) is 0. The van der Waals surface area contributed by atoms with Gasteiger partial charge >= 0.3 is 0 Å². The van der Waals surface area contributed by atoms with E-state index in [2.05, 4.69) is 43.3 Å². The van der Waals surface area contributed by atoms with Crippen molar-refractivity contribution in [3.05, 3.63) is 28.9 Å². The normalized spacial score (nSPS) is 21.2. The summed E-state index contributed by atoms with van der Waals surface area (Å²) in [5, 5.41) is 13.6. The van der Waals surface area contributed by atoms with Crippen molar-refractivity contribution < 1.29 is 4.79 Å². The number of carbonyl (C=O) groups excluding carboxylic acids is 1. The van der Waals surface area contributed by atoms with Crippen LogP contribution in [0.25, 0.3) is 10.8 Å². The third-order valence-electron chi connectivity index (χ3n) is 4.25. The van der Waals surface area contributed by atoms with Crippen LogP contribution in [0.1, 0.15) is 33.6 Å². The molecule has 3 rings (SSSR count). The molecule has 2 heterocycles. The van der Waals surface area contributed by atoms with Crippen molar-refractivity contribution in [2.24, 2.45) is 0 Å². The van der Waals surface area contributed by atoms with Crippen molar-refractivity contribution >= 4 is 38.4 Å². The lowest BCUT2D eigenvalue weighted by atomic mass is 10.1. The zero-order valence-corrected chi connectivity index (χ0v) is 15.2. The van der Waals surface area contributed by atoms with E-state index >= 15 is 0 Å². The Hall–Kier alpha value is -1.69. The second kappa shape index (κ2) is 6.43. The Bertz CT molecular complexity index is 734. The lowest BCUT2D eigenvalue weighted by molar-refractivity contribution is -0.122. The van der Waals surface area contributed by atoms with Gasteiger partial charge in [-0.25, -0.2) is 0 Å². The minimum atomic E-state index is -0.184. The maximum atomic E-state index is 12.6. The number of hydrogen-bond donors (Lipinski definition) is 1. The molecule has 0 saturated carbocycles. The fourth-order valence-electron chi connectivity index (χ4n) is 3.21. The van der Waals surface area contributed by atoms with Crippen LogP contribution in [0.5, 0.6) is 0 Å². The van der Waals surface area contributed by atoms with Gasteiger partial charge < -0.3 is 10.2 Å². The Kier molecular flexibility index (Phi) is 4.53. The highest BCUT2D eigenvalue weighted by Gasteiger charge is 2.37. The van der Waals surface area contributed by atoms with E-state index in [1.807, 2.05) is 32.0 Å². The van der Waals surface area contributed by atoms with E-state index in [4.69, 9.17) is 0 Å². The molecular formula is C17H21BrN4O. The number of hydrogen-bond acceptors (Lipinski definition) is 4. The molecule has 0 radical (unpaired) electrons. The molecule has 6 heteroatoms. The van der Waals surface area contributed by atoms with Crippen molar-refractivity contribution in [1.29, 1.82) is 0 Å². The average Bonchev–Trinajstić information content (AvgIpc) is 2.87. The second-order valence-electron chi connectivity index (χ2n) is 6.41. The topological polar surface area (TPSA) is 58.1 Å². The second-order valence-corrected chi connectivity index (χ2v) is 7.33. The number of carbonyl (C=O) groups is 1. The largest absolute Gasteiger partial charge is 0.352 e. The predicted molar refractivity (Wildman–Crippen MR) is 95.5 cm³/mol. The quantitative estimate of drug-likeness (QED) is 0.892. The van der Waals surface area contributed by atoms with E-state index in [-0.39, 0.29) is 24.0 Å². The van der Waals surface area contributed by atoms with Crippen LogP contribution >= 0.6 is 15.9 Å². The van der Waals surface area contributed by atoms with Crippen molar-refractivity contribution in [1.82, 2.24) is 15.5 Å². The molecule has 1 aliphatic heterocycles. The first-order valence-corrected chi connectivity index (χ1v) is 8.76. The van der Waals surface area contributed by atoms with Crippen molar-refractivity contribution in [2.45, 2.75) is 51.7 Å². The Balaban J connectivity index is 2.03. The number of benzene rings is 1. The van der Waals surface area contributed by atoms with E-state index in [0.29, 0.717) is 0 Å². The maximum absolute atomic E-state index is 12.6. The van der Waals surface area contributed by atoms with Crippen LogP contribution in [-0.2, 0) is 4.79 Å². The molecule has 1 aromatic heterocycles. The van der Waals surface area contributed by atoms with Crippen molar-refractivity contribution in [2.75, 3.05) is 4.90 Å². The van der Waals surface area contributed by atoms with Crippen LogP contribution < -0.4 is 10.2 Å². The van der Waals surface area contributed by atoms with Gasteiger partial charge in [0.25, 0.3) is 0 Å². The van der Waals surface area contributed by atoms with E-state index in [0.717, 1.165) is 33.9 Å². The molecule has 2 aromatic rings. The number of nitrogens with one attached hydrogen (secondary N) is 1. The molecule has 5 nitrogen and oxygen atoms in total. The Morgan fingerprint density at radius 1 is 1.39 bits per heavy atom. The first kappa shape index (κ1) is 16.2. The zero-order valence-electron chi connectivity index (χ0n) is 13.6. The van der Waals surface area contributed by atoms with Crippen LogP contribution in [0.2, 0.25) is 0 Å². The van der Waals surface area contributed by atoms with E-state index in [9.17, 15) is 4.79 Å². The number of anilines is 1. The van der Waals surface area contributed by atoms with Crippen molar-refractivity contribution in [3.8, 4) is 0 Å². The summed E-state index contributed by atoms with van der Waals surface area (Å²) < 4.78 is 1.01. The minimum Gasteiger partial charge on any atom is -0.352 e. The minimum absolute atomic E-state index is 0.0697. The van der Waals surface area contributed by atoms with Gasteiger partial charge in [0.05, 0.1) is 6.20 Å². The summed E-state index contributed by atoms with van der Waals surface area (Å²) >= 11 is 3.49. The fraction of sp³-hybridized carbons (Fsp3) is 0.471. The summed E-state index contributed by atoms with van der Waals surface area (Å²) in [5.41, 5.74) is 0. The molecule has 1 aromatic carbocycles. The van der Waals surface area contributed by atoms with E-state index in [1.54, 1.807) is 6.20 Å². The van der Waals surface area contributed by atoms with Crippen LogP contribution in [-0.4, -0.2) is 34.2 Å². The monoisotopic (exact) mass is 376 g/mol. The van der Waals surface area contributed by atoms with E-state index < -0.39 is 0 Å². The molecule has 1 unspecified atom stereocenters. The third kappa shape index (κ3) is 3.17. The molecule has 1 fully saturated rings. The zero-order chi connectivity index (χ0) is 16.6. The molecule has 1 N–H and O–H groups in total. The van der Waals surface area contributed by atoms with Crippen LogP contribution in [0.4, 0.5) is 5.82 Å². The molecule has 0 spiro atoms. The fourth-order valence-corrected chi connectivity index (χ4v) is 3.59. The molecule has 0 bridgehead atoms. The standard InChI is InChI=1S/C17H21BrN4O/c1-10(2)20-17(23)15-7-4-11(3)22(15)16-14-6-5-13(18)8-12(14)9-19-21-16/h5-6,8-11,15H,4,7H2,1-3H3,(H,20,23)/t11?,15-/m1/s1. The van der Waals surface area contributed by atoms with Gasteiger partial charge in [-0.1, -0.05) is 15.9 Å². The lowest BCUT2D eigenvalue weighted by Gasteiger charge is -2.29. The Labute approximate surface area is 144 Å². The molecular weight excluding hydrogens is 356 g/mol. The Morgan fingerprint density at radius 3 is 2.91 bits per heavy atom. The van der Waals surface area contributed by atoms with Crippen LogP contribution in [0.3, 0.4) is 0 Å². The van der Waals surface area contributed by atoms with Gasteiger partial charge in [0.15, 0.2) is 5.82 Å². The predicted octanol–water partition coefficient (Wildman–Crippen LogP) is 3.27. The molecule has 1 amide bonds. The average molecular weight is 377 g/mol. The number of aromatic nitrogens is 2. The Morgan fingerprint density at radius 2 is 2.17 bits per heavy atom. The highest BCUT2D eigenvalue weighted by atomic mass is 79.9. The molecule has 1 saturated heterocycles. The first-order valence-electron chi connectivity index (χ1n) is 7.97. The van der Waals surface area contributed by atoms with Crippen molar-refractivity contribution in [3.63, 3.8) is 0 Å². The van der Waals surface area contributed by atoms with E-state index in [1.165, 1.54) is 0 Å². The molecule has 122 valence electrons. The number of halogens is 1. The summed E-state index contributed by atoms with van der Waals surface area (Å²) in [6, 6.07) is 6.27. The van der Waals surface area contributed by atoms with Gasteiger partial charge in [0.1, 0.15) is 6.04 Å². The van der Waals surface area contributed by atoms with Gasteiger partial charge in [0, 0.05) is 27.3 Å². The number of amides is 1. The molecule has 2 atom stereocenters. The SMILES string of the molecule is CC(C)NC(=O)[C@H]1CCC(C)N1c1nncc2cc(Br)ccc12. The van der Waals surface area contributed by atoms with Gasteiger partial charge in [-0.3, -0.25) is 4.79 Å². The summed E-state index contributed by atoms with van der Waals surface area (Å²) in [5.74, 6) is 0.865. The lowest BCUT2D eigenvalue weighted by Crippen LogP contribution is -2.47. The maximum Gasteiger partial charge on any atom is 0.242 e. The van der Waals surface area contributed by atoms with Gasteiger partial charge in [-0.05, 0) is 51.8 Å². The van der Waals surface area contributed by atoms with Crippen LogP contribution in [0.15, 0.2) is 28.9 Å². The smallest absolute Gasteiger partial charge is 0.242 e. The van der Waals surface area contributed by atoms with Gasteiger partial charge in [0.2, 0.25) is 5.91 Å².